The van der Waals surface area contributed by atoms with Crippen LogP contribution in [0.15, 0.2) is 66.7 Å². The average molecular weight is 426 g/mol. The van der Waals surface area contributed by atoms with Crippen molar-refractivity contribution in [3.05, 3.63) is 89.5 Å². The second-order valence-electron chi connectivity index (χ2n) is 7.16. The number of H-pyrrole nitrogens is 1. The number of amides is 1. The van der Waals surface area contributed by atoms with Gasteiger partial charge in [0.25, 0.3) is 5.91 Å². The van der Waals surface area contributed by atoms with E-state index < -0.39 is 5.82 Å². The van der Waals surface area contributed by atoms with Crippen LogP contribution in [0.4, 0.5) is 10.1 Å². The minimum Gasteiger partial charge on any atom is -0.483 e. The van der Waals surface area contributed by atoms with E-state index in [0.29, 0.717) is 33.9 Å². The van der Waals surface area contributed by atoms with E-state index in [1.165, 1.54) is 12.1 Å². The van der Waals surface area contributed by atoms with E-state index in [9.17, 15) is 14.4 Å². The molecule has 2 N–H and O–H groups in total. The summed E-state index contributed by atoms with van der Waals surface area (Å²) in [5.41, 5.74) is 3.70. The number of aryl methyl sites for hydroxylation is 1. The molecule has 1 heterocycles. The van der Waals surface area contributed by atoms with Crippen LogP contribution in [0.2, 0.25) is 0 Å². The number of fused-ring (bicyclic) bond motifs is 1. The van der Waals surface area contributed by atoms with Crippen LogP contribution in [-0.2, 0) is 4.79 Å². The number of rotatable bonds is 6. The van der Waals surface area contributed by atoms with Crippen LogP contribution in [0.25, 0.3) is 22.7 Å². The number of aromatic nitrogens is 2. The normalized spacial score (nSPS) is 11.2. The number of ether oxygens (including phenoxy) is 1. The summed E-state index contributed by atoms with van der Waals surface area (Å²) in [7, 11) is 0. The Hall–Kier alpha value is -4.44. The summed E-state index contributed by atoms with van der Waals surface area (Å²) in [6, 6.07) is 20.8. The van der Waals surface area contributed by atoms with Gasteiger partial charge in [0.05, 0.1) is 16.6 Å². The van der Waals surface area contributed by atoms with E-state index in [1.54, 1.807) is 36.4 Å². The summed E-state index contributed by atoms with van der Waals surface area (Å²) >= 11 is 0. The number of aromatic amines is 1. The first-order valence-corrected chi connectivity index (χ1v) is 9.87. The lowest BCUT2D eigenvalue weighted by atomic mass is 10.1. The molecule has 4 aromatic rings. The largest absolute Gasteiger partial charge is 0.483 e. The second kappa shape index (κ2) is 9.14. The quantitative estimate of drug-likeness (QED) is 0.420. The molecule has 0 aliphatic rings. The average Bonchev–Trinajstić information content (AvgIpc) is 3.21. The molecule has 0 atom stereocenters. The zero-order chi connectivity index (χ0) is 22.5. The third kappa shape index (κ3) is 4.82. The lowest BCUT2D eigenvalue weighted by Gasteiger charge is -2.10. The number of carbonyl (C=O) groups is 1. The monoisotopic (exact) mass is 426 g/mol. The molecule has 0 bridgehead atoms. The molecule has 0 radical (unpaired) electrons. The van der Waals surface area contributed by atoms with E-state index in [2.05, 4.69) is 21.4 Å². The third-order valence-electron chi connectivity index (χ3n) is 4.73. The highest BCUT2D eigenvalue weighted by molar-refractivity contribution is 5.93. The van der Waals surface area contributed by atoms with Crippen LogP contribution >= 0.6 is 0 Å². The predicted octanol–water partition coefficient (Wildman–Crippen LogP) is 5.09. The molecule has 1 aromatic heterocycles. The lowest BCUT2D eigenvalue weighted by molar-refractivity contribution is -0.118. The second-order valence-corrected chi connectivity index (χ2v) is 7.16. The molecule has 0 fully saturated rings. The van der Waals surface area contributed by atoms with Crippen molar-refractivity contribution in [2.45, 2.75) is 6.92 Å². The Morgan fingerprint density at radius 2 is 1.97 bits per heavy atom. The van der Waals surface area contributed by atoms with Crippen molar-refractivity contribution < 1.29 is 13.9 Å². The summed E-state index contributed by atoms with van der Waals surface area (Å²) < 4.78 is 19.2. The number of anilines is 1. The zero-order valence-corrected chi connectivity index (χ0v) is 17.2. The summed E-state index contributed by atoms with van der Waals surface area (Å²) in [5.74, 6) is 0.0757. The number of carbonyl (C=O) groups excluding carboxylic acids is 1. The summed E-state index contributed by atoms with van der Waals surface area (Å²) in [5, 5.41) is 12.4. The van der Waals surface area contributed by atoms with Gasteiger partial charge in [-0.05, 0) is 49.4 Å². The van der Waals surface area contributed by atoms with Gasteiger partial charge >= 0.3 is 0 Å². The van der Waals surface area contributed by atoms with Gasteiger partial charge in [-0.2, -0.15) is 5.26 Å². The van der Waals surface area contributed by atoms with Gasteiger partial charge in [-0.25, -0.2) is 9.37 Å². The number of halogens is 1. The first kappa shape index (κ1) is 20.8. The van der Waals surface area contributed by atoms with E-state index in [0.717, 1.165) is 5.56 Å². The Labute approximate surface area is 184 Å². The number of hydrogen-bond donors (Lipinski definition) is 2. The molecule has 0 saturated heterocycles. The minimum atomic E-state index is -0.391. The van der Waals surface area contributed by atoms with Gasteiger partial charge in [0.2, 0.25) is 0 Å². The van der Waals surface area contributed by atoms with Crippen LogP contribution in [0, 0.1) is 24.1 Å². The molecule has 4 rings (SSSR count). The maximum absolute atomic E-state index is 13.5. The minimum absolute atomic E-state index is 0.190. The van der Waals surface area contributed by atoms with E-state index in [1.807, 2.05) is 31.2 Å². The molecule has 7 heteroatoms. The van der Waals surface area contributed by atoms with Crippen LogP contribution < -0.4 is 10.1 Å². The Morgan fingerprint density at radius 1 is 1.19 bits per heavy atom. The van der Waals surface area contributed by atoms with Crippen molar-refractivity contribution in [2.75, 3.05) is 11.9 Å². The molecule has 3 aromatic carbocycles. The number of nitrogens with zero attached hydrogens (tertiary/aromatic N) is 2. The molecule has 0 aliphatic heterocycles. The van der Waals surface area contributed by atoms with E-state index in [4.69, 9.17) is 4.74 Å². The predicted molar refractivity (Wildman–Crippen MR) is 121 cm³/mol. The number of allylic oxidation sites excluding steroid dienone is 1. The van der Waals surface area contributed by atoms with Gasteiger partial charge in [0.1, 0.15) is 23.5 Å². The SMILES string of the molecule is Cc1ccc(NC(=O)COc2ccccc2/C=C(/C#N)c2nc3ccc(F)cc3[nH]2)cc1. The standard InChI is InChI=1S/C25H19FN4O2/c1-16-6-9-20(10-7-16)28-24(31)15-32-23-5-3-2-4-17(23)12-18(14-27)25-29-21-11-8-19(26)13-22(21)30-25/h2-13H,15H2,1H3,(H,28,31)(H,29,30)/b18-12-. The molecule has 158 valence electrons. The highest BCUT2D eigenvalue weighted by atomic mass is 19.1. The molecular formula is C25H19FN4O2. The zero-order valence-electron chi connectivity index (χ0n) is 17.2. The summed E-state index contributed by atoms with van der Waals surface area (Å²) in [6.45, 7) is 1.78. The fourth-order valence-electron chi connectivity index (χ4n) is 3.13. The number of imidazole rings is 1. The smallest absolute Gasteiger partial charge is 0.262 e. The number of para-hydroxylation sites is 1. The number of benzene rings is 3. The van der Waals surface area contributed by atoms with Crippen molar-refractivity contribution >= 4 is 34.3 Å². The molecule has 0 aliphatic carbocycles. The Kier molecular flexibility index (Phi) is 5.95. The molecule has 32 heavy (non-hydrogen) atoms. The van der Waals surface area contributed by atoms with E-state index in [-0.39, 0.29) is 18.1 Å². The molecule has 0 spiro atoms. The van der Waals surface area contributed by atoms with Gasteiger partial charge in [-0.1, -0.05) is 35.9 Å². The molecule has 0 unspecified atom stereocenters. The lowest BCUT2D eigenvalue weighted by Crippen LogP contribution is -2.20. The van der Waals surface area contributed by atoms with Crippen LogP contribution in [0.5, 0.6) is 5.75 Å². The maximum Gasteiger partial charge on any atom is 0.262 e. The van der Waals surface area contributed by atoms with Gasteiger partial charge in [-0.3, -0.25) is 4.79 Å². The molecular weight excluding hydrogens is 407 g/mol. The summed E-state index contributed by atoms with van der Waals surface area (Å²) in [4.78, 5) is 19.6. The van der Waals surface area contributed by atoms with Gasteiger partial charge in [0.15, 0.2) is 6.61 Å². The first-order valence-electron chi connectivity index (χ1n) is 9.87. The van der Waals surface area contributed by atoms with Gasteiger partial charge in [-0.15, -0.1) is 0 Å². The van der Waals surface area contributed by atoms with Crippen molar-refractivity contribution in [1.82, 2.24) is 9.97 Å². The summed E-state index contributed by atoms with van der Waals surface area (Å²) in [6.07, 6.45) is 1.61. The first-order chi connectivity index (χ1) is 15.5. The van der Waals surface area contributed by atoms with Crippen molar-refractivity contribution in [3.8, 4) is 11.8 Å². The number of nitrogens with one attached hydrogen (secondary N) is 2. The third-order valence-corrected chi connectivity index (χ3v) is 4.73. The fourth-order valence-corrected chi connectivity index (χ4v) is 3.13. The molecule has 0 saturated carbocycles. The van der Waals surface area contributed by atoms with Gasteiger partial charge in [0, 0.05) is 11.3 Å². The van der Waals surface area contributed by atoms with Crippen LogP contribution in [-0.4, -0.2) is 22.5 Å². The Bertz CT molecular complexity index is 1350. The van der Waals surface area contributed by atoms with Crippen LogP contribution in [0.1, 0.15) is 17.0 Å². The maximum atomic E-state index is 13.5. The van der Waals surface area contributed by atoms with Gasteiger partial charge < -0.3 is 15.0 Å². The van der Waals surface area contributed by atoms with Crippen LogP contribution in [0.3, 0.4) is 0 Å². The number of nitriles is 1. The van der Waals surface area contributed by atoms with Crippen molar-refractivity contribution in [1.29, 1.82) is 5.26 Å². The fraction of sp³-hybridized carbons (Fsp3) is 0.0800. The molecule has 6 nitrogen and oxygen atoms in total. The topological polar surface area (TPSA) is 90.8 Å². The number of hydrogen-bond acceptors (Lipinski definition) is 4. The highest BCUT2D eigenvalue weighted by Gasteiger charge is 2.11. The van der Waals surface area contributed by atoms with Crippen molar-refractivity contribution in [2.24, 2.45) is 0 Å². The molecule has 1 amide bonds. The van der Waals surface area contributed by atoms with E-state index >= 15 is 0 Å². The highest BCUT2D eigenvalue weighted by Crippen LogP contribution is 2.25. The Balaban J connectivity index is 1.52. The van der Waals surface area contributed by atoms with Crippen molar-refractivity contribution in [3.63, 3.8) is 0 Å². The Morgan fingerprint density at radius 3 is 2.75 bits per heavy atom.